The second-order valence-corrected chi connectivity index (χ2v) is 3.49. The van der Waals surface area contributed by atoms with Gasteiger partial charge in [0.05, 0.1) is 6.10 Å². The van der Waals surface area contributed by atoms with Gasteiger partial charge >= 0.3 is 0 Å². The molecule has 0 aromatic rings. The molecule has 0 aromatic carbocycles. The van der Waals surface area contributed by atoms with E-state index in [0.29, 0.717) is 5.92 Å². The summed E-state index contributed by atoms with van der Waals surface area (Å²) in [7, 11) is 0. The minimum atomic E-state index is -0.0597. The normalized spacial score (nSPS) is 32.8. The largest absolute Gasteiger partial charge is 0.393 e. The van der Waals surface area contributed by atoms with Crippen LogP contribution in [0.4, 0.5) is 0 Å². The van der Waals surface area contributed by atoms with Gasteiger partial charge in [-0.1, -0.05) is 25.3 Å². The first-order chi connectivity index (χ1) is 5.34. The Bertz CT molecular complexity index is 120. The van der Waals surface area contributed by atoms with E-state index in [2.05, 4.69) is 6.58 Å². The van der Waals surface area contributed by atoms with Crippen molar-refractivity contribution >= 4 is 0 Å². The number of aliphatic hydroxyl groups excluding tert-OH is 1. The highest BCUT2D eigenvalue weighted by molar-refractivity contribution is 4.79. The van der Waals surface area contributed by atoms with Gasteiger partial charge < -0.3 is 5.11 Å². The van der Waals surface area contributed by atoms with E-state index < -0.39 is 0 Å². The van der Waals surface area contributed by atoms with Crippen molar-refractivity contribution in [2.24, 2.45) is 5.92 Å². The lowest BCUT2D eigenvalue weighted by Crippen LogP contribution is -2.17. The van der Waals surface area contributed by atoms with Gasteiger partial charge in [-0.3, -0.25) is 0 Å². The summed E-state index contributed by atoms with van der Waals surface area (Å²) >= 11 is 0. The fourth-order valence-corrected chi connectivity index (χ4v) is 1.85. The lowest BCUT2D eigenvalue weighted by atomic mass is 9.94. The fourth-order valence-electron chi connectivity index (χ4n) is 1.85. The van der Waals surface area contributed by atoms with Gasteiger partial charge in [-0.25, -0.2) is 0 Å². The Hall–Kier alpha value is -0.300. The highest BCUT2D eigenvalue weighted by Gasteiger charge is 2.19. The molecule has 1 aliphatic carbocycles. The van der Waals surface area contributed by atoms with E-state index in [0.717, 1.165) is 12.8 Å². The number of hydrogen-bond donors (Lipinski definition) is 1. The highest BCUT2D eigenvalue weighted by atomic mass is 16.3. The smallest absolute Gasteiger partial charge is 0.0571 e. The van der Waals surface area contributed by atoms with Gasteiger partial charge in [0, 0.05) is 0 Å². The van der Waals surface area contributed by atoms with Crippen LogP contribution in [0.15, 0.2) is 12.7 Å². The standard InChI is InChI=1S/C10H18O/c1-2-6-9-7-4-3-5-8-10(9)11/h2,9-11H,1,3-8H2. The van der Waals surface area contributed by atoms with Gasteiger partial charge in [-0.05, 0) is 25.2 Å². The third-order valence-electron chi connectivity index (χ3n) is 2.59. The van der Waals surface area contributed by atoms with E-state index in [9.17, 15) is 5.11 Å². The molecule has 0 bridgehead atoms. The topological polar surface area (TPSA) is 20.2 Å². The van der Waals surface area contributed by atoms with E-state index in [-0.39, 0.29) is 6.10 Å². The van der Waals surface area contributed by atoms with E-state index in [4.69, 9.17) is 0 Å². The zero-order valence-corrected chi connectivity index (χ0v) is 7.13. The average molecular weight is 154 g/mol. The molecule has 1 rings (SSSR count). The van der Waals surface area contributed by atoms with Crippen LogP contribution in [0.1, 0.15) is 38.5 Å². The maximum absolute atomic E-state index is 9.63. The van der Waals surface area contributed by atoms with Crippen LogP contribution in [0.5, 0.6) is 0 Å². The van der Waals surface area contributed by atoms with Crippen molar-refractivity contribution < 1.29 is 5.11 Å². The Labute approximate surface area is 69.1 Å². The summed E-state index contributed by atoms with van der Waals surface area (Å²) < 4.78 is 0. The maximum Gasteiger partial charge on any atom is 0.0571 e. The van der Waals surface area contributed by atoms with Crippen molar-refractivity contribution in [3.8, 4) is 0 Å². The van der Waals surface area contributed by atoms with Gasteiger partial charge in [0.2, 0.25) is 0 Å². The number of aliphatic hydroxyl groups is 1. The Morgan fingerprint density at radius 3 is 2.73 bits per heavy atom. The Morgan fingerprint density at radius 2 is 2.00 bits per heavy atom. The van der Waals surface area contributed by atoms with Crippen molar-refractivity contribution in [1.29, 1.82) is 0 Å². The van der Waals surface area contributed by atoms with Gasteiger partial charge in [0.15, 0.2) is 0 Å². The zero-order chi connectivity index (χ0) is 8.10. The van der Waals surface area contributed by atoms with Gasteiger partial charge in [-0.2, -0.15) is 0 Å². The molecule has 11 heavy (non-hydrogen) atoms. The second-order valence-electron chi connectivity index (χ2n) is 3.49. The molecule has 1 aliphatic rings. The molecule has 1 heteroatoms. The third kappa shape index (κ3) is 2.66. The minimum Gasteiger partial charge on any atom is -0.393 e. The van der Waals surface area contributed by atoms with Crippen LogP contribution in [-0.2, 0) is 0 Å². The van der Waals surface area contributed by atoms with Crippen molar-refractivity contribution in [1.82, 2.24) is 0 Å². The average Bonchev–Trinajstić information content (AvgIpc) is 2.18. The molecule has 0 spiro atoms. The van der Waals surface area contributed by atoms with Crippen molar-refractivity contribution in [2.75, 3.05) is 0 Å². The lowest BCUT2D eigenvalue weighted by molar-refractivity contribution is 0.102. The molecule has 0 aliphatic heterocycles. The zero-order valence-electron chi connectivity index (χ0n) is 7.13. The summed E-state index contributed by atoms with van der Waals surface area (Å²) in [5.41, 5.74) is 0. The summed E-state index contributed by atoms with van der Waals surface area (Å²) in [6, 6.07) is 0. The van der Waals surface area contributed by atoms with Gasteiger partial charge in [-0.15, -0.1) is 6.58 Å². The summed E-state index contributed by atoms with van der Waals surface area (Å²) in [6.45, 7) is 3.71. The third-order valence-corrected chi connectivity index (χ3v) is 2.59. The van der Waals surface area contributed by atoms with E-state index in [1.807, 2.05) is 6.08 Å². The first-order valence-electron chi connectivity index (χ1n) is 4.63. The minimum absolute atomic E-state index is 0.0597. The molecule has 1 fully saturated rings. The molecule has 0 aromatic heterocycles. The Morgan fingerprint density at radius 1 is 1.27 bits per heavy atom. The SMILES string of the molecule is C=CCC1CCCCCC1O. The Balaban J connectivity index is 2.38. The van der Waals surface area contributed by atoms with Gasteiger partial charge in [0.25, 0.3) is 0 Å². The monoisotopic (exact) mass is 154 g/mol. The number of rotatable bonds is 2. The molecule has 2 unspecified atom stereocenters. The molecule has 1 N–H and O–H groups in total. The molecular formula is C10H18O. The van der Waals surface area contributed by atoms with Crippen LogP contribution in [0, 0.1) is 5.92 Å². The predicted molar refractivity (Wildman–Crippen MR) is 47.4 cm³/mol. The first kappa shape index (κ1) is 8.79. The summed E-state index contributed by atoms with van der Waals surface area (Å²) in [4.78, 5) is 0. The predicted octanol–water partition coefficient (Wildman–Crippen LogP) is 2.50. The lowest BCUT2D eigenvalue weighted by Gasteiger charge is -2.17. The quantitative estimate of drug-likeness (QED) is 0.478. The van der Waals surface area contributed by atoms with Crippen LogP contribution < -0.4 is 0 Å². The first-order valence-corrected chi connectivity index (χ1v) is 4.63. The van der Waals surface area contributed by atoms with Crippen LogP contribution in [0.25, 0.3) is 0 Å². The molecule has 1 saturated carbocycles. The van der Waals surface area contributed by atoms with Gasteiger partial charge in [0.1, 0.15) is 0 Å². The van der Waals surface area contributed by atoms with Crippen molar-refractivity contribution in [2.45, 2.75) is 44.6 Å². The summed E-state index contributed by atoms with van der Waals surface area (Å²) in [6.07, 6.45) is 8.83. The van der Waals surface area contributed by atoms with Crippen LogP contribution in [0.3, 0.4) is 0 Å². The highest BCUT2D eigenvalue weighted by Crippen LogP contribution is 2.25. The van der Waals surface area contributed by atoms with Crippen molar-refractivity contribution in [3.05, 3.63) is 12.7 Å². The number of hydrogen-bond acceptors (Lipinski definition) is 1. The van der Waals surface area contributed by atoms with Crippen molar-refractivity contribution in [3.63, 3.8) is 0 Å². The summed E-state index contributed by atoms with van der Waals surface area (Å²) in [5.74, 6) is 0.495. The van der Waals surface area contributed by atoms with Crippen LogP contribution in [0.2, 0.25) is 0 Å². The fraction of sp³-hybridized carbons (Fsp3) is 0.800. The molecular weight excluding hydrogens is 136 g/mol. The maximum atomic E-state index is 9.63. The van der Waals surface area contributed by atoms with Crippen LogP contribution in [-0.4, -0.2) is 11.2 Å². The molecule has 2 atom stereocenters. The molecule has 0 amide bonds. The molecule has 64 valence electrons. The van der Waals surface area contributed by atoms with E-state index in [1.54, 1.807) is 0 Å². The number of allylic oxidation sites excluding steroid dienone is 1. The second kappa shape index (κ2) is 4.55. The Kier molecular flexibility index (Phi) is 3.64. The van der Waals surface area contributed by atoms with E-state index >= 15 is 0 Å². The van der Waals surface area contributed by atoms with E-state index in [1.165, 1.54) is 25.7 Å². The molecule has 0 saturated heterocycles. The summed E-state index contributed by atoms with van der Waals surface area (Å²) in [5, 5.41) is 9.63. The molecule has 1 nitrogen and oxygen atoms in total. The molecule has 0 radical (unpaired) electrons. The molecule has 0 heterocycles. The van der Waals surface area contributed by atoms with Crippen LogP contribution >= 0.6 is 0 Å².